The normalized spacial score (nSPS) is 14.3. The summed E-state index contributed by atoms with van der Waals surface area (Å²) in [6, 6.07) is 12.0. The number of rotatable bonds is 6. The molecule has 2 aromatic carbocycles. The number of amides is 2. The van der Waals surface area contributed by atoms with Crippen LogP contribution in [-0.4, -0.2) is 51.4 Å². The van der Waals surface area contributed by atoms with Gasteiger partial charge in [-0.3, -0.25) is 18.6 Å². The van der Waals surface area contributed by atoms with Crippen LogP contribution < -0.4 is 27.9 Å². The van der Waals surface area contributed by atoms with E-state index in [-0.39, 0.29) is 41.4 Å². The first-order valence-corrected chi connectivity index (χ1v) is 13.3. The average molecular weight is 581 g/mol. The molecule has 7 N–H and O–H groups in total. The van der Waals surface area contributed by atoms with Crippen molar-refractivity contribution in [2.75, 3.05) is 11.5 Å². The van der Waals surface area contributed by atoms with E-state index in [1.807, 2.05) is 18.2 Å². The number of nitrogens with one attached hydrogen (secondary N) is 3. The Bertz CT molecular complexity index is 2130. The number of anilines is 2. The summed E-state index contributed by atoms with van der Waals surface area (Å²) < 4.78 is 7.86. The SMILES string of the molecule is Cn1c(=O)oc2ccc(CNC(=O)c3cc(C(=O)N[C@H]4CCc5cc(-c6nn[nH]n6)ccc54)n4c(N)nc(N)c4n3)cc21. The van der Waals surface area contributed by atoms with Crippen LogP contribution in [0.25, 0.3) is 28.1 Å². The number of fused-ring (bicyclic) bond motifs is 3. The summed E-state index contributed by atoms with van der Waals surface area (Å²) in [7, 11) is 1.60. The summed E-state index contributed by atoms with van der Waals surface area (Å²) in [4.78, 5) is 47.1. The molecule has 2 amide bonds. The number of carbonyl (C=O) groups excluding carboxylic acids is 2. The van der Waals surface area contributed by atoms with Crippen LogP contribution in [0.15, 0.2) is 51.7 Å². The minimum Gasteiger partial charge on any atom is -0.408 e. The van der Waals surface area contributed by atoms with E-state index < -0.39 is 17.6 Å². The van der Waals surface area contributed by atoms with Gasteiger partial charge in [0.05, 0.1) is 11.6 Å². The van der Waals surface area contributed by atoms with E-state index in [9.17, 15) is 14.4 Å². The van der Waals surface area contributed by atoms with Crippen LogP contribution in [0, 0.1) is 0 Å². The highest BCUT2D eigenvalue weighted by molar-refractivity contribution is 5.99. The monoisotopic (exact) mass is 580 g/mol. The summed E-state index contributed by atoms with van der Waals surface area (Å²) in [5.74, 6) is -1.07. The molecule has 1 aliphatic rings. The van der Waals surface area contributed by atoms with Crippen LogP contribution >= 0.6 is 0 Å². The second-order valence-electron chi connectivity index (χ2n) is 10.2. The first-order chi connectivity index (χ1) is 20.8. The lowest BCUT2D eigenvalue weighted by molar-refractivity contribution is 0.0930. The smallest absolute Gasteiger partial charge is 0.408 e. The van der Waals surface area contributed by atoms with Gasteiger partial charge in [0, 0.05) is 19.2 Å². The second-order valence-corrected chi connectivity index (χ2v) is 10.2. The van der Waals surface area contributed by atoms with Crippen LogP contribution in [0.5, 0.6) is 0 Å². The standard InChI is InChI=1S/C27H24N12O4/c1-38-18-8-12(2-7-20(18)43-27(38)42)11-30-24(40)17-10-19(39-23(31-17)21(28)33-26(39)29)25(41)32-16-6-4-13-9-14(3-5-15(13)16)22-34-36-37-35-22/h2-3,5,7-10,16H,4,6,11,28H2,1H3,(H2,29,33)(H,30,40)(H,32,41)(H,34,35,36,37)/t16-/m0/s1. The molecule has 7 rings (SSSR count). The van der Waals surface area contributed by atoms with Crippen molar-refractivity contribution in [3.63, 3.8) is 0 Å². The minimum absolute atomic E-state index is 0.0206. The Labute approximate surface area is 241 Å². The maximum Gasteiger partial charge on any atom is 0.419 e. The Kier molecular flexibility index (Phi) is 5.89. The molecule has 0 aliphatic heterocycles. The van der Waals surface area contributed by atoms with Gasteiger partial charge < -0.3 is 26.5 Å². The number of aromatic nitrogens is 8. The lowest BCUT2D eigenvalue weighted by Gasteiger charge is -2.16. The summed E-state index contributed by atoms with van der Waals surface area (Å²) in [6.07, 6.45) is 1.41. The van der Waals surface area contributed by atoms with Gasteiger partial charge in [-0.25, -0.2) is 9.78 Å². The highest BCUT2D eigenvalue weighted by Gasteiger charge is 2.28. The predicted molar refractivity (Wildman–Crippen MR) is 153 cm³/mol. The number of tetrazole rings is 1. The highest BCUT2D eigenvalue weighted by Crippen LogP contribution is 2.34. The largest absolute Gasteiger partial charge is 0.419 e. The Morgan fingerprint density at radius 2 is 1.98 bits per heavy atom. The minimum atomic E-state index is -0.544. The van der Waals surface area contributed by atoms with Crippen LogP contribution in [0.4, 0.5) is 11.8 Å². The van der Waals surface area contributed by atoms with Crippen LogP contribution in [0.2, 0.25) is 0 Å². The lowest BCUT2D eigenvalue weighted by atomic mass is 10.0. The van der Waals surface area contributed by atoms with Crippen molar-refractivity contribution >= 4 is 40.3 Å². The van der Waals surface area contributed by atoms with E-state index in [4.69, 9.17) is 15.9 Å². The molecule has 43 heavy (non-hydrogen) atoms. The molecule has 0 saturated heterocycles. The molecule has 0 spiro atoms. The Hall–Kier alpha value is -6.06. The summed E-state index contributed by atoms with van der Waals surface area (Å²) >= 11 is 0. The fraction of sp³-hybridized carbons (Fsp3) is 0.185. The molecular weight excluding hydrogens is 556 g/mol. The van der Waals surface area contributed by atoms with Crippen LogP contribution in [-0.2, 0) is 20.0 Å². The molecule has 0 saturated carbocycles. The number of hydrogen-bond acceptors (Lipinski definition) is 11. The fourth-order valence-electron chi connectivity index (χ4n) is 5.39. The van der Waals surface area contributed by atoms with Crippen molar-refractivity contribution < 1.29 is 14.0 Å². The number of H-pyrrole nitrogens is 1. The van der Waals surface area contributed by atoms with E-state index in [1.54, 1.807) is 25.2 Å². The van der Waals surface area contributed by atoms with E-state index in [1.165, 1.54) is 15.0 Å². The third-order valence-corrected chi connectivity index (χ3v) is 7.55. The molecule has 0 radical (unpaired) electrons. The lowest BCUT2D eigenvalue weighted by Crippen LogP contribution is -2.30. The molecular formula is C27H24N12O4. The second kappa shape index (κ2) is 9.79. The summed E-state index contributed by atoms with van der Waals surface area (Å²) in [5, 5.41) is 20.0. The van der Waals surface area contributed by atoms with Crippen molar-refractivity contribution in [1.82, 2.24) is 50.2 Å². The van der Waals surface area contributed by atoms with Gasteiger partial charge in [-0.1, -0.05) is 18.2 Å². The number of nitrogens with two attached hydrogens (primary N) is 2. The van der Waals surface area contributed by atoms with E-state index in [0.29, 0.717) is 23.3 Å². The number of carbonyl (C=O) groups is 2. The van der Waals surface area contributed by atoms with Gasteiger partial charge in [-0.15, -0.1) is 10.2 Å². The quantitative estimate of drug-likeness (QED) is 0.185. The molecule has 0 fully saturated rings. The van der Waals surface area contributed by atoms with Gasteiger partial charge in [-0.05, 0) is 59.0 Å². The van der Waals surface area contributed by atoms with Gasteiger partial charge in [0.25, 0.3) is 11.8 Å². The zero-order valence-electron chi connectivity index (χ0n) is 22.7. The Balaban J connectivity index is 1.15. The Morgan fingerprint density at radius 1 is 1.12 bits per heavy atom. The van der Waals surface area contributed by atoms with Gasteiger partial charge in [-0.2, -0.15) is 10.2 Å². The van der Waals surface area contributed by atoms with Crippen molar-refractivity contribution in [3.05, 3.63) is 81.1 Å². The van der Waals surface area contributed by atoms with Crippen molar-refractivity contribution in [2.24, 2.45) is 7.05 Å². The summed E-state index contributed by atoms with van der Waals surface area (Å²) in [5.41, 5.74) is 16.8. The molecule has 1 atom stereocenters. The topological polar surface area (TPSA) is 230 Å². The van der Waals surface area contributed by atoms with Crippen LogP contribution in [0.3, 0.4) is 0 Å². The number of aromatic amines is 1. The number of nitrogens with zero attached hydrogens (tertiary/aromatic N) is 7. The zero-order chi connectivity index (χ0) is 29.8. The fourth-order valence-corrected chi connectivity index (χ4v) is 5.39. The zero-order valence-corrected chi connectivity index (χ0v) is 22.7. The third-order valence-electron chi connectivity index (χ3n) is 7.55. The molecule has 0 bridgehead atoms. The van der Waals surface area contributed by atoms with Gasteiger partial charge in [0.1, 0.15) is 11.4 Å². The molecule has 216 valence electrons. The maximum atomic E-state index is 13.7. The van der Waals surface area contributed by atoms with Crippen molar-refractivity contribution in [1.29, 1.82) is 0 Å². The number of nitrogen functional groups attached to an aromatic ring is 2. The maximum absolute atomic E-state index is 13.7. The van der Waals surface area contributed by atoms with Crippen LogP contribution in [0.1, 0.15) is 50.1 Å². The molecule has 4 aromatic heterocycles. The highest BCUT2D eigenvalue weighted by atomic mass is 16.4. The molecule has 16 nitrogen and oxygen atoms in total. The number of imidazole rings is 1. The van der Waals surface area contributed by atoms with Gasteiger partial charge in [0.15, 0.2) is 17.0 Å². The molecule has 6 aromatic rings. The average Bonchev–Trinajstić information content (AvgIpc) is 3.79. The number of oxazole rings is 1. The summed E-state index contributed by atoms with van der Waals surface area (Å²) in [6.45, 7) is 0.129. The first kappa shape index (κ1) is 25.9. The molecule has 16 heteroatoms. The molecule has 4 heterocycles. The van der Waals surface area contributed by atoms with E-state index in [0.717, 1.165) is 28.7 Å². The number of aryl methyl sites for hydroxylation is 2. The predicted octanol–water partition coefficient (Wildman–Crippen LogP) is 0.866. The number of hydrogen-bond donors (Lipinski definition) is 5. The third kappa shape index (κ3) is 4.41. The molecule has 0 unspecified atom stereocenters. The van der Waals surface area contributed by atoms with E-state index in [2.05, 4.69) is 41.2 Å². The van der Waals surface area contributed by atoms with Gasteiger partial charge >= 0.3 is 5.76 Å². The Morgan fingerprint density at radius 3 is 2.79 bits per heavy atom. The van der Waals surface area contributed by atoms with Gasteiger partial charge in [0.2, 0.25) is 11.8 Å². The van der Waals surface area contributed by atoms with Crippen molar-refractivity contribution in [3.8, 4) is 11.4 Å². The number of benzene rings is 2. The van der Waals surface area contributed by atoms with Crippen molar-refractivity contribution in [2.45, 2.75) is 25.4 Å². The van der Waals surface area contributed by atoms with E-state index >= 15 is 0 Å². The molecule has 1 aliphatic carbocycles. The first-order valence-electron chi connectivity index (χ1n) is 13.3.